The summed E-state index contributed by atoms with van der Waals surface area (Å²) in [6, 6.07) is 5.73. The van der Waals surface area contributed by atoms with Crippen LogP contribution in [0.3, 0.4) is 0 Å². The molecule has 2 aromatic rings. The van der Waals surface area contributed by atoms with Crippen molar-refractivity contribution in [3.63, 3.8) is 0 Å². The SMILES string of the molecule is CS(=O)(=O)CCn1c(Cc2ccc(F)cc2)noc1=O. The van der Waals surface area contributed by atoms with Crippen molar-refractivity contribution in [1.82, 2.24) is 9.72 Å². The molecule has 1 aromatic heterocycles. The lowest BCUT2D eigenvalue weighted by Gasteiger charge is -2.04. The van der Waals surface area contributed by atoms with Gasteiger partial charge in [0.2, 0.25) is 0 Å². The van der Waals surface area contributed by atoms with Crippen LogP contribution in [0.25, 0.3) is 0 Å². The summed E-state index contributed by atoms with van der Waals surface area (Å²) in [5.74, 6) is -0.927. The summed E-state index contributed by atoms with van der Waals surface area (Å²) in [6.45, 7) is -0.0162. The second-order valence-corrected chi connectivity index (χ2v) is 6.71. The molecule has 0 saturated heterocycles. The second-order valence-electron chi connectivity index (χ2n) is 4.45. The van der Waals surface area contributed by atoms with Crippen molar-refractivity contribution in [1.29, 1.82) is 0 Å². The molecule has 1 heterocycles. The third kappa shape index (κ3) is 3.77. The van der Waals surface area contributed by atoms with Crippen molar-refractivity contribution >= 4 is 9.84 Å². The molecule has 0 saturated carbocycles. The molecule has 1 aromatic carbocycles. The Bertz CT molecular complexity index is 747. The van der Waals surface area contributed by atoms with E-state index in [1.165, 1.54) is 16.7 Å². The van der Waals surface area contributed by atoms with Crippen molar-refractivity contribution < 1.29 is 17.3 Å². The van der Waals surface area contributed by atoms with Crippen LogP contribution in [0, 0.1) is 5.82 Å². The van der Waals surface area contributed by atoms with Gasteiger partial charge in [0.05, 0.1) is 5.75 Å². The van der Waals surface area contributed by atoms with E-state index in [9.17, 15) is 17.6 Å². The Labute approximate surface area is 114 Å². The van der Waals surface area contributed by atoms with Gasteiger partial charge in [0, 0.05) is 19.2 Å². The zero-order chi connectivity index (χ0) is 14.8. The van der Waals surface area contributed by atoms with Crippen LogP contribution in [0.5, 0.6) is 0 Å². The van der Waals surface area contributed by atoms with Gasteiger partial charge in [0.1, 0.15) is 15.7 Å². The monoisotopic (exact) mass is 300 g/mol. The summed E-state index contributed by atoms with van der Waals surface area (Å²) >= 11 is 0. The van der Waals surface area contributed by atoms with Gasteiger partial charge in [-0.2, -0.15) is 0 Å². The van der Waals surface area contributed by atoms with Crippen LogP contribution in [-0.4, -0.2) is 30.2 Å². The molecule has 0 N–H and O–H groups in total. The van der Waals surface area contributed by atoms with Crippen LogP contribution in [-0.2, 0) is 22.8 Å². The lowest BCUT2D eigenvalue weighted by Crippen LogP contribution is -2.22. The van der Waals surface area contributed by atoms with Gasteiger partial charge in [-0.3, -0.25) is 9.09 Å². The van der Waals surface area contributed by atoms with Crippen molar-refractivity contribution in [3.05, 3.63) is 52.0 Å². The van der Waals surface area contributed by atoms with Crippen molar-refractivity contribution in [2.45, 2.75) is 13.0 Å². The maximum Gasteiger partial charge on any atom is 0.441 e. The predicted octanol–water partition coefficient (Wildman–Crippen LogP) is 0.611. The Morgan fingerprint density at radius 2 is 1.95 bits per heavy atom. The number of benzene rings is 1. The largest absolute Gasteiger partial charge is 0.441 e. The molecule has 0 spiro atoms. The minimum absolute atomic E-state index is 0.0162. The van der Waals surface area contributed by atoms with E-state index in [2.05, 4.69) is 9.68 Å². The molecule has 0 amide bonds. The first-order chi connectivity index (χ1) is 9.35. The smallest absolute Gasteiger partial charge is 0.296 e. The molecule has 8 heteroatoms. The molecule has 0 bridgehead atoms. The molecule has 20 heavy (non-hydrogen) atoms. The average Bonchev–Trinajstić information content (AvgIpc) is 2.70. The third-order valence-electron chi connectivity index (χ3n) is 2.72. The number of hydrogen-bond donors (Lipinski definition) is 0. The van der Waals surface area contributed by atoms with Gasteiger partial charge in [0.15, 0.2) is 5.82 Å². The van der Waals surface area contributed by atoms with Gasteiger partial charge in [-0.15, -0.1) is 0 Å². The topological polar surface area (TPSA) is 82.2 Å². The first kappa shape index (κ1) is 14.4. The Kier molecular flexibility index (Phi) is 4.03. The van der Waals surface area contributed by atoms with Gasteiger partial charge in [-0.1, -0.05) is 17.3 Å². The van der Waals surface area contributed by atoms with E-state index < -0.39 is 15.6 Å². The highest BCUT2D eigenvalue weighted by atomic mass is 32.2. The highest BCUT2D eigenvalue weighted by Gasteiger charge is 2.13. The van der Waals surface area contributed by atoms with Gasteiger partial charge >= 0.3 is 5.76 Å². The fourth-order valence-corrected chi connectivity index (χ4v) is 2.20. The third-order valence-corrected chi connectivity index (χ3v) is 3.65. The minimum atomic E-state index is -3.19. The molecule has 0 aliphatic heterocycles. The van der Waals surface area contributed by atoms with E-state index in [-0.39, 0.29) is 24.5 Å². The van der Waals surface area contributed by atoms with Crippen molar-refractivity contribution in [3.8, 4) is 0 Å². The van der Waals surface area contributed by atoms with E-state index in [1.54, 1.807) is 12.1 Å². The van der Waals surface area contributed by atoms with Crippen LogP contribution in [0.2, 0.25) is 0 Å². The number of nitrogens with zero attached hydrogens (tertiary/aromatic N) is 2. The molecule has 2 rings (SSSR count). The van der Waals surface area contributed by atoms with Gasteiger partial charge in [0.25, 0.3) is 0 Å². The van der Waals surface area contributed by atoms with Crippen LogP contribution >= 0.6 is 0 Å². The standard InChI is InChI=1S/C12H13FN2O4S/c1-20(17,18)7-6-15-11(14-19-12(15)16)8-9-2-4-10(13)5-3-9/h2-5H,6-8H2,1H3. The molecular formula is C12H13FN2O4S. The summed E-state index contributed by atoms with van der Waals surface area (Å²) in [4.78, 5) is 11.5. The fraction of sp³-hybridized carbons (Fsp3) is 0.333. The fourth-order valence-electron chi connectivity index (χ4n) is 1.69. The van der Waals surface area contributed by atoms with Crippen LogP contribution in [0.4, 0.5) is 4.39 Å². The van der Waals surface area contributed by atoms with Crippen LogP contribution in [0.1, 0.15) is 11.4 Å². The summed E-state index contributed by atoms with van der Waals surface area (Å²) < 4.78 is 40.8. The Balaban J connectivity index is 2.20. The molecule has 0 radical (unpaired) electrons. The second kappa shape index (κ2) is 5.58. The molecule has 0 atom stereocenters. The zero-order valence-electron chi connectivity index (χ0n) is 10.7. The Morgan fingerprint density at radius 1 is 1.30 bits per heavy atom. The van der Waals surface area contributed by atoms with Crippen LogP contribution in [0.15, 0.2) is 33.6 Å². The van der Waals surface area contributed by atoms with E-state index in [0.717, 1.165) is 11.8 Å². The number of hydrogen-bond acceptors (Lipinski definition) is 5. The maximum absolute atomic E-state index is 12.8. The quantitative estimate of drug-likeness (QED) is 0.808. The Hall–Kier alpha value is -1.96. The van der Waals surface area contributed by atoms with E-state index >= 15 is 0 Å². The first-order valence-electron chi connectivity index (χ1n) is 5.83. The lowest BCUT2D eigenvalue weighted by molar-refractivity contribution is 0.374. The summed E-state index contributed by atoms with van der Waals surface area (Å²) in [6.07, 6.45) is 1.35. The highest BCUT2D eigenvalue weighted by Crippen LogP contribution is 2.08. The molecular weight excluding hydrogens is 287 g/mol. The molecule has 0 aliphatic rings. The van der Waals surface area contributed by atoms with Crippen molar-refractivity contribution in [2.75, 3.05) is 12.0 Å². The maximum atomic E-state index is 12.8. The van der Waals surface area contributed by atoms with E-state index in [1.807, 2.05) is 0 Å². The van der Waals surface area contributed by atoms with Crippen molar-refractivity contribution in [2.24, 2.45) is 0 Å². The number of aromatic nitrogens is 2. The number of rotatable bonds is 5. The van der Waals surface area contributed by atoms with Gasteiger partial charge < -0.3 is 0 Å². The summed E-state index contributed by atoms with van der Waals surface area (Å²) in [5, 5.41) is 3.62. The average molecular weight is 300 g/mol. The van der Waals surface area contributed by atoms with E-state index in [0.29, 0.717) is 5.82 Å². The summed E-state index contributed by atoms with van der Waals surface area (Å²) in [5.41, 5.74) is 0.743. The van der Waals surface area contributed by atoms with Gasteiger partial charge in [-0.05, 0) is 17.7 Å². The minimum Gasteiger partial charge on any atom is -0.296 e. The number of sulfone groups is 1. The molecule has 0 aliphatic carbocycles. The molecule has 108 valence electrons. The predicted molar refractivity (Wildman–Crippen MR) is 69.7 cm³/mol. The molecule has 0 fully saturated rings. The first-order valence-corrected chi connectivity index (χ1v) is 7.89. The highest BCUT2D eigenvalue weighted by molar-refractivity contribution is 7.90. The molecule has 6 nitrogen and oxygen atoms in total. The van der Waals surface area contributed by atoms with Gasteiger partial charge in [-0.25, -0.2) is 17.6 Å². The summed E-state index contributed by atoms with van der Waals surface area (Å²) in [7, 11) is -3.19. The Morgan fingerprint density at radius 3 is 2.55 bits per heavy atom. The lowest BCUT2D eigenvalue weighted by atomic mass is 10.1. The zero-order valence-corrected chi connectivity index (χ0v) is 11.6. The molecule has 0 unspecified atom stereocenters. The number of halogens is 1. The van der Waals surface area contributed by atoms with Crippen LogP contribution < -0.4 is 5.76 Å². The van der Waals surface area contributed by atoms with E-state index in [4.69, 9.17) is 0 Å². The normalized spacial score (nSPS) is 11.7.